The van der Waals surface area contributed by atoms with Gasteiger partial charge in [-0.25, -0.2) is 0 Å². The number of anilines is 1. The molecule has 3 rings (SSSR count). The van der Waals surface area contributed by atoms with Crippen molar-refractivity contribution in [3.05, 3.63) is 65.7 Å². The Morgan fingerprint density at radius 3 is 2.32 bits per heavy atom. The Kier molecular flexibility index (Phi) is 2.56. The molecule has 4 nitrogen and oxygen atoms in total. The molecule has 1 aliphatic rings. The molecule has 0 fully saturated rings. The Balaban J connectivity index is 2.17. The Morgan fingerprint density at radius 2 is 1.63 bits per heavy atom. The molecule has 19 heavy (non-hydrogen) atoms. The van der Waals surface area contributed by atoms with Gasteiger partial charge in [0.25, 0.3) is 5.91 Å². The molecule has 0 aromatic heterocycles. The number of amides is 2. The molecule has 94 valence electrons. The number of para-hydroxylation sites is 1. The fourth-order valence-electron chi connectivity index (χ4n) is 2.45. The van der Waals surface area contributed by atoms with Gasteiger partial charge in [-0.3, -0.25) is 14.5 Å². The van der Waals surface area contributed by atoms with Crippen molar-refractivity contribution in [2.75, 3.05) is 4.90 Å². The van der Waals surface area contributed by atoms with E-state index in [1.165, 1.54) is 4.90 Å². The number of rotatable bonds is 2. The van der Waals surface area contributed by atoms with Crippen LogP contribution in [0.3, 0.4) is 0 Å². The van der Waals surface area contributed by atoms with E-state index >= 15 is 0 Å². The van der Waals surface area contributed by atoms with E-state index in [1.54, 1.807) is 36.4 Å². The number of fused-ring (bicyclic) bond motifs is 1. The molecule has 0 unspecified atom stereocenters. The van der Waals surface area contributed by atoms with Crippen LogP contribution in [-0.4, -0.2) is 11.8 Å². The second-order valence-corrected chi connectivity index (χ2v) is 4.40. The predicted octanol–water partition coefficient (Wildman–Crippen LogP) is 1.87. The molecule has 2 aromatic rings. The Labute approximate surface area is 110 Å². The van der Waals surface area contributed by atoms with E-state index in [-0.39, 0.29) is 5.91 Å². The van der Waals surface area contributed by atoms with Crippen molar-refractivity contribution in [3.8, 4) is 0 Å². The summed E-state index contributed by atoms with van der Waals surface area (Å²) in [5.74, 6) is -0.715. The maximum absolute atomic E-state index is 12.4. The molecule has 0 saturated carbocycles. The number of nitrogens with zero attached hydrogens (tertiary/aromatic N) is 1. The third-order valence-corrected chi connectivity index (χ3v) is 3.27. The first-order chi connectivity index (χ1) is 9.20. The standard InChI is InChI=1S/C15H12N2O2/c16-14(18)13-11-8-4-5-9-12(11)15(19)17(13)10-6-2-1-3-7-10/h1-9,13H,(H2,16,18)/t13-/m0/s1. The average Bonchev–Trinajstić information content (AvgIpc) is 2.74. The van der Waals surface area contributed by atoms with Gasteiger partial charge in [-0.2, -0.15) is 0 Å². The number of carbonyl (C=O) groups is 2. The van der Waals surface area contributed by atoms with E-state index in [1.807, 2.05) is 18.2 Å². The minimum atomic E-state index is -0.730. The molecule has 4 heteroatoms. The van der Waals surface area contributed by atoms with Crippen LogP contribution in [0.5, 0.6) is 0 Å². The third-order valence-electron chi connectivity index (χ3n) is 3.27. The topological polar surface area (TPSA) is 63.4 Å². The van der Waals surface area contributed by atoms with Crippen LogP contribution in [0.1, 0.15) is 22.0 Å². The molecule has 0 saturated heterocycles. The van der Waals surface area contributed by atoms with Crippen LogP contribution in [0.25, 0.3) is 0 Å². The van der Waals surface area contributed by atoms with Crippen molar-refractivity contribution >= 4 is 17.5 Å². The van der Waals surface area contributed by atoms with E-state index in [0.29, 0.717) is 16.8 Å². The van der Waals surface area contributed by atoms with E-state index in [2.05, 4.69) is 0 Å². The van der Waals surface area contributed by atoms with E-state index in [0.717, 1.165) is 0 Å². The maximum Gasteiger partial charge on any atom is 0.259 e. The van der Waals surface area contributed by atoms with Crippen LogP contribution in [0, 0.1) is 0 Å². The number of hydrogen-bond donors (Lipinski definition) is 1. The van der Waals surface area contributed by atoms with Crippen molar-refractivity contribution in [2.24, 2.45) is 5.73 Å². The molecular formula is C15H12N2O2. The van der Waals surface area contributed by atoms with Crippen LogP contribution >= 0.6 is 0 Å². The SMILES string of the molecule is NC(=O)[C@@H]1c2ccccc2C(=O)N1c1ccccc1. The normalized spacial score (nSPS) is 17.4. The number of benzene rings is 2. The Bertz CT molecular complexity index is 652. The molecule has 1 atom stereocenters. The van der Waals surface area contributed by atoms with Gasteiger partial charge in [-0.15, -0.1) is 0 Å². The van der Waals surface area contributed by atoms with Crippen LogP contribution < -0.4 is 10.6 Å². The molecule has 1 aliphatic heterocycles. The largest absolute Gasteiger partial charge is 0.368 e. The summed E-state index contributed by atoms with van der Waals surface area (Å²) in [6.07, 6.45) is 0. The molecule has 2 aromatic carbocycles. The second kappa shape index (κ2) is 4.24. The smallest absolute Gasteiger partial charge is 0.259 e. The van der Waals surface area contributed by atoms with E-state index in [9.17, 15) is 9.59 Å². The molecule has 0 aliphatic carbocycles. The summed E-state index contributed by atoms with van der Waals surface area (Å²) in [4.78, 5) is 25.6. The molecule has 0 bridgehead atoms. The van der Waals surface area contributed by atoms with Crippen LogP contribution in [0.2, 0.25) is 0 Å². The van der Waals surface area contributed by atoms with Crippen molar-refractivity contribution in [1.29, 1.82) is 0 Å². The zero-order valence-electron chi connectivity index (χ0n) is 10.1. The highest BCUT2D eigenvalue weighted by Gasteiger charge is 2.40. The van der Waals surface area contributed by atoms with Crippen molar-refractivity contribution in [1.82, 2.24) is 0 Å². The minimum absolute atomic E-state index is 0.189. The van der Waals surface area contributed by atoms with E-state index < -0.39 is 11.9 Å². The highest BCUT2D eigenvalue weighted by molar-refractivity contribution is 6.15. The van der Waals surface area contributed by atoms with E-state index in [4.69, 9.17) is 5.73 Å². The summed E-state index contributed by atoms with van der Waals surface area (Å²) >= 11 is 0. The summed E-state index contributed by atoms with van der Waals surface area (Å²) in [6.45, 7) is 0. The lowest BCUT2D eigenvalue weighted by Gasteiger charge is -2.22. The van der Waals surface area contributed by atoms with Gasteiger partial charge < -0.3 is 5.73 Å². The number of primary amides is 1. The molecular weight excluding hydrogens is 240 g/mol. The Hall–Kier alpha value is -2.62. The summed E-state index contributed by atoms with van der Waals surface area (Å²) in [7, 11) is 0. The zero-order chi connectivity index (χ0) is 13.4. The van der Waals surface area contributed by atoms with Crippen LogP contribution in [0.15, 0.2) is 54.6 Å². The average molecular weight is 252 g/mol. The quantitative estimate of drug-likeness (QED) is 0.886. The summed E-state index contributed by atoms with van der Waals surface area (Å²) in [5, 5.41) is 0. The van der Waals surface area contributed by atoms with Gasteiger partial charge in [0.05, 0.1) is 0 Å². The fourth-order valence-corrected chi connectivity index (χ4v) is 2.45. The van der Waals surface area contributed by atoms with Gasteiger partial charge in [0.2, 0.25) is 5.91 Å². The highest BCUT2D eigenvalue weighted by atomic mass is 16.2. The first-order valence-electron chi connectivity index (χ1n) is 5.97. The lowest BCUT2D eigenvalue weighted by Crippen LogP contribution is -2.36. The van der Waals surface area contributed by atoms with Crippen molar-refractivity contribution < 1.29 is 9.59 Å². The monoisotopic (exact) mass is 252 g/mol. The first kappa shape index (κ1) is 11.5. The molecule has 0 spiro atoms. The van der Waals surface area contributed by atoms with Gasteiger partial charge in [-0.1, -0.05) is 36.4 Å². The van der Waals surface area contributed by atoms with Gasteiger partial charge in [-0.05, 0) is 23.8 Å². The number of carbonyl (C=O) groups excluding carboxylic acids is 2. The molecule has 2 N–H and O–H groups in total. The van der Waals surface area contributed by atoms with Crippen LogP contribution in [-0.2, 0) is 4.79 Å². The van der Waals surface area contributed by atoms with Gasteiger partial charge in [0.15, 0.2) is 0 Å². The predicted molar refractivity (Wildman–Crippen MR) is 71.6 cm³/mol. The molecule has 1 heterocycles. The fraction of sp³-hybridized carbons (Fsp3) is 0.0667. The minimum Gasteiger partial charge on any atom is -0.368 e. The lowest BCUT2D eigenvalue weighted by atomic mass is 10.0. The zero-order valence-corrected chi connectivity index (χ0v) is 10.1. The maximum atomic E-state index is 12.4. The van der Waals surface area contributed by atoms with Gasteiger partial charge >= 0.3 is 0 Å². The summed E-state index contributed by atoms with van der Waals surface area (Å²) in [5.41, 5.74) is 7.35. The molecule has 2 amide bonds. The Morgan fingerprint density at radius 1 is 1.00 bits per heavy atom. The summed E-state index contributed by atoms with van der Waals surface area (Å²) < 4.78 is 0. The lowest BCUT2D eigenvalue weighted by molar-refractivity contribution is -0.119. The van der Waals surface area contributed by atoms with Crippen LogP contribution in [0.4, 0.5) is 5.69 Å². The van der Waals surface area contributed by atoms with Gasteiger partial charge in [0, 0.05) is 11.3 Å². The van der Waals surface area contributed by atoms with Crippen molar-refractivity contribution in [3.63, 3.8) is 0 Å². The third kappa shape index (κ3) is 1.69. The molecule has 0 radical (unpaired) electrons. The van der Waals surface area contributed by atoms with Crippen molar-refractivity contribution in [2.45, 2.75) is 6.04 Å². The van der Waals surface area contributed by atoms with Gasteiger partial charge in [0.1, 0.15) is 6.04 Å². The highest BCUT2D eigenvalue weighted by Crippen LogP contribution is 2.36. The first-order valence-corrected chi connectivity index (χ1v) is 5.97. The summed E-state index contributed by atoms with van der Waals surface area (Å²) in [6, 6.07) is 15.4. The number of nitrogens with two attached hydrogens (primary N) is 1. The second-order valence-electron chi connectivity index (χ2n) is 4.40. The number of hydrogen-bond acceptors (Lipinski definition) is 2.